The number of benzene rings is 1. The Balaban J connectivity index is 2.45. The number of fused-ring (bicyclic) bond motifs is 1. The van der Waals surface area contributed by atoms with Crippen LogP contribution in [0, 0.1) is 6.92 Å². The van der Waals surface area contributed by atoms with Gasteiger partial charge < -0.3 is 5.11 Å². The van der Waals surface area contributed by atoms with Gasteiger partial charge in [-0.15, -0.1) is 0 Å². The lowest BCUT2D eigenvalue weighted by molar-refractivity contribution is 0.132. The summed E-state index contributed by atoms with van der Waals surface area (Å²) in [5.41, 5.74) is 4.06. The minimum absolute atomic E-state index is 0.144. The average Bonchev–Trinajstić information content (AvgIpc) is 2.12. The number of rotatable bonds is 0. The fourth-order valence-electron chi connectivity index (χ4n) is 2.13. The van der Waals surface area contributed by atoms with Crippen molar-refractivity contribution in [2.24, 2.45) is 0 Å². The molecule has 2 atom stereocenters. The van der Waals surface area contributed by atoms with Crippen molar-refractivity contribution in [1.82, 2.24) is 0 Å². The van der Waals surface area contributed by atoms with E-state index in [1.54, 1.807) is 0 Å². The Kier molecular flexibility index (Phi) is 2.12. The average molecular weight is 176 g/mol. The molecule has 1 nitrogen and oxygen atoms in total. The summed E-state index contributed by atoms with van der Waals surface area (Å²) in [6, 6.07) is 6.57. The molecule has 2 rings (SSSR count). The summed E-state index contributed by atoms with van der Waals surface area (Å²) in [6.07, 6.45) is 1.80. The van der Waals surface area contributed by atoms with Crippen molar-refractivity contribution in [2.75, 3.05) is 0 Å². The number of hydrogen-bond acceptors (Lipinski definition) is 1. The predicted octanol–water partition coefficient (Wildman–Crippen LogP) is 2.41. The van der Waals surface area contributed by atoms with Gasteiger partial charge >= 0.3 is 0 Å². The Morgan fingerprint density at radius 3 is 2.92 bits per heavy atom. The van der Waals surface area contributed by atoms with Crippen LogP contribution in [0.25, 0.3) is 0 Å². The van der Waals surface area contributed by atoms with Gasteiger partial charge in [-0.05, 0) is 30.9 Å². The molecule has 0 fully saturated rings. The molecule has 1 aliphatic rings. The molecule has 13 heavy (non-hydrogen) atoms. The summed E-state index contributed by atoms with van der Waals surface area (Å²) >= 11 is 0. The van der Waals surface area contributed by atoms with Crippen LogP contribution in [-0.4, -0.2) is 11.2 Å². The zero-order valence-electron chi connectivity index (χ0n) is 8.25. The third-order valence-corrected chi connectivity index (χ3v) is 3.08. The van der Waals surface area contributed by atoms with Gasteiger partial charge in [0.1, 0.15) is 0 Å². The van der Waals surface area contributed by atoms with Gasteiger partial charge in [-0.2, -0.15) is 0 Å². The van der Waals surface area contributed by atoms with Gasteiger partial charge in [-0.1, -0.05) is 30.7 Å². The summed E-state index contributed by atoms with van der Waals surface area (Å²) in [7, 11) is 0. The van der Waals surface area contributed by atoms with Crippen LogP contribution in [0.3, 0.4) is 0 Å². The van der Waals surface area contributed by atoms with E-state index in [-0.39, 0.29) is 6.10 Å². The third-order valence-electron chi connectivity index (χ3n) is 3.08. The van der Waals surface area contributed by atoms with Crippen molar-refractivity contribution in [3.8, 4) is 0 Å². The zero-order valence-corrected chi connectivity index (χ0v) is 8.25. The van der Waals surface area contributed by atoms with Crippen molar-refractivity contribution in [1.29, 1.82) is 0 Å². The molecule has 0 radical (unpaired) electrons. The molecule has 1 aromatic rings. The molecular weight excluding hydrogens is 160 g/mol. The molecule has 0 aromatic heterocycles. The maximum Gasteiger partial charge on any atom is 0.0609 e. The van der Waals surface area contributed by atoms with E-state index in [9.17, 15) is 5.11 Å². The van der Waals surface area contributed by atoms with Crippen molar-refractivity contribution < 1.29 is 5.11 Å². The highest BCUT2D eigenvalue weighted by Gasteiger charge is 2.23. The number of aliphatic hydroxyl groups is 1. The van der Waals surface area contributed by atoms with Gasteiger partial charge in [0.25, 0.3) is 0 Å². The molecule has 1 heteroatoms. The first kappa shape index (κ1) is 8.76. The lowest BCUT2D eigenvalue weighted by Gasteiger charge is -2.27. The summed E-state index contributed by atoms with van der Waals surface area (Å²) in [6.45, 7) is 4.22. The smallest absolute Gasteiger partial charge is 0.0609 e. The minimum atomic E-state index is -0.144. The predicted molar refractivity (Wildman–Crippen MR) is 53.9 cm³/mol. The fourth-order valence-corrected chi connectivity index (χ4v) is 2.13. The molecule has 0 saturated heterocycles. The molecule has 0 amide bonds. The van der Waals surface area contributed by atoms with Gasteiger partial charge in [0.15, 0.2) is 0 Å². The lowest BCUT2D eigenvalue weighted by Crippen LogP contribution is -2.23. The SMILES string of the molecule is Cc1ccc2c(c1)C(C)C(O)CC2. The maximum absolute atomic E-state index is 9.72. The maximum atomic E-state index is 9.72. The van der Waals surface area contributed by atoms with E-state index in [0.29, 0.717) is 5.92 Å². The van der Waals surface area contributed by atoms with Crippen LogP contribution in [0.2, 0.25) is 0 Å². The van der Waals surface area contributed by atoms with E-state index < -0.39 is 0 Å². The first-order valence-corrected chi connectivity index (χ1v) is 4.96. The first-order valence-electron chi connectivity index (χ1n) is 4.96. The van der Waals surface area contributed by atoms with Crippen molar-refractivity contribution in [3.05, 3.63) is 34.9 Å². The molecule has 0 bridgehead atoms. The minimum Gasteiger partial charge on any atom is -0.392 e. The largest absolute Gasteiger partial charge is 0.392 e. The molecule has 1 N–H and O–H groups in total. The van der Waals surface area contributed by atoms with Crippen LogP contribution >= 0.6 is 0 Å². The quantitative estimate of drug-likeness (QED) is 0.643. The molecule has 0 aliphatic heterocycles. The van der Waals surface area contributed by atoms with E-state index in [2.05, 4.69) is 32.0 Å². The highest BCUT2D eigenvalue weighted by atomic mass is 16.3. The standard InChI is InChI=1S/C12H16O/c1-8-3-4-10-5-6-12(13)9(2)11(10)7-8/h3-4,7,9,12-13H,5-6H2,1-2H3. The van der Waals surface area contributed by atoms with E-state index in [1.165, 1.54) is 16.7 Å². The third kappa shape index (κ3) is 1.49. The van der Waals surface area contributed by atoms with Crippen molar-refractivity contribution >= 4 is 0 Å². The second kappa shape index (κ2) is 3.15. The molecule has 2 unspecified atom stereocenters. The number of aryl methyl sites for hydroxylation is 2. The van der Waals surface area contributed by atoms with E-state index >= 15 is 0 Å². The fraction of sp³-hybridized carbons (Fsp3) is 0.500. The van der Waals surface area contributed by atoms with Gasteiger partial charge in [0.05, 0.1) is 6.10 Å². The molecule has 0 spiro atoms. The Labute approximate surface area is 79.4 Å². The monoisotopic (exact) mass is 176 g/mol. The highest BCUT2D eigenvalue weighted by molar-refractivity contribution is 5.36. The molecule has 0 saturated carbocycles. The van der Waals surface area contributed by atoms with Crippen LogP contribution in [0.15, 0.2) is 18.2 Å². The van der Waals surface area contributed by atoms with E-state index in [1.807, 2.05) is 0 Å². The van der Waals surface area contributed by atoms with Crippen LogP contribution in [0.4, 0.5) is 0 Å². The Bertz CT molecular complexity index is 317. The zero-order chi connectivity index (χ0) is 9.42. The van der Waals surface area contributed by atoms with Gasteiger partial charge in [0, 0.05) is 5.92 Å². The highest BCUT2D eigenvalue weighted by Crippen LogP contribution is 2.31. The molecule has 1 aromatic carbocycles. The second-order valence-corrected chi connectivity index (χ2v) is 4.10. The van der Waals surface area contributed by atoms with Gasteiger partial charge in [-0.3, -0.25) is 0 Å². The van der Waals surface area contributed by atoms with Crippen molar-refractivity contribution in [2.45, 2.75) is 38.7 Å². The first-order chi connectivity index (χ1) is 6.18. The molecule has 1 aliphatic carbocycles. The van der Waals surface area contributed by atoms with Crippen molar-refractivity contribution in [3.63, 3.8) is 0 Å². The number of aliphatic hydroxyl groups excluding tert-OH is 1. The molecule has 0 heterocycles. The summed E-state index contributed by atoms with van der Waals surface area (Å²) in [5, 5.41) is 9.72. The summed E-state index contributed by atoms with van der Waals surface area (Å²) in [4.78, 5) is 0. The second-order valence-electron chi connectivity index (χ2n) is 4.10. The summed E-state index contributed by atoms with van der Waals surface area (Å²) in [5.74, 6) is 0.309. The normalized spacial score (nSPS) is 27.0. The van der Waals surface area contributed by atoms with Crippen LogP contribution in [0.5, 0.6) is 0 Å². The molecular formula is C12H16O. The number of hydrogen-bond donors (Lipinski definition) is 1. The van der Waals surface area contributed by atoms with Crippen LogP contribution in [-0.2, 0) is 6.42 Å². The van der Waals surface area contributed by atoms with Crippen LogP contribution in [0.1, 0.15) is 36.0 Å². The Morgan fingerprint density at radius 2 is 2.15 bits per heavy atom. The van der Waals surface area contributed by atoms with Crippen LogP contribution < -0.4 is 0 Å². The molecule has 70 valence electrons. The van der Waals surface area contributed by atoms with E-state index in [0.717, 1.165) is 12.8 Å². The van der Waals surface area contributed by atoms with Gasteiger partial charge in [0.2, 0.25) is 0 Å². The Morgan fingerprint density at radius 1 is 1.38 bits per heavy atom. The topological polar surface area (TPSA) is 20.2 Å². The van der Waals surface area contributed by atoms with E-state index in [4.69, 9.17) is 0 Å². The summed E-state index contributed by atoms with van der Waals surface area (Å²) < 4.78 is 0. The lowest BCUT2D eigenvalue weighted by atomic mass is 9.81. The van der Waals surface area contributed by atoms with Gasteiger partial charge in [-0.25, -0.2) is 0 Å². The Hall–Kier alpha value is -0.820.